The SMILES string of the molecule is CCNC(=O)c1noc(-c2cc(C(C)C)c(O)cc2OP(=O)(O)O)c1-c1noc(C)n1. The number of phosphoric acid groups is 1. The van der Waals surface area contributed by atoms with Gasteiger partial charge in [-0.05, 0) is 24.5 Å². The molecule has 3 rings (SSSR count). The van der Waals surface area contributed by atoms with Crippen molar-refractivity contribution in [2.75, 3.05) is 6.54 Å². The van der Waals surface area contributed by atoms with Crippen molar-refractivity contribution < 1.29 is 37.8 Å². The number of phenolic OH excluding ortho intramolecular Hbond substituents is 1. The number of nitrogens with zero attached hydrogens (tertiary/aromatic N) is 3. The van der Waals surface area contributed by atoms with E-state index in [9.17, 15) is 24.3 Å². The first-order chi connectivity index (χ1) is 14.5. The molecule has 12 nitrogen and oxygen atoms in total. The Morgan fingerprint density at radius 3 is 2.52 bits per heavy atom. The number of amides is 1. The molecule has 166 valence electrons. The summed E-state index contributed by atoms with van der Waals surface area (Å²) in [6.45, 7) is 7.21. The second kappa shape index (κ2) is 8.50. The van der Waals surface area contributed by atoms with Gasteiger partial charge >= 0.3 is 7.82 Å². The number of phenols is 1. The number of carbonyl (C=O) groups excluding carboxylic acids is 1. The fraction of sp³-hybridized carbons (Fsp3) is 0.333. The lowest BCUT2D eigenvalue weighted by Gasteiger charge is -2.15. The summed E-state index contributed by atoms with van der Waals surface area (Å²) in [5.41, 5.74) is 0.363. The second-order valence-corrected chi connectivity index (χ2v) is 8.04. The minimum absolute atomic E-state index is 0.0173. The summed E-state index contributed by atoms with van der Waals surface area (Å²) in [5, 5.41) is 20.5. The Kier molecular flexibility index (Phi) is 6.16. The van der Waals surface area contributed by atoms with Crippen molar-refractivity contribution in [1.29, 1.82) is 0 Å². The van der Waals surface area contributed by atoms with Gasteiger partial charge in [-0.3, -0.25) is 14.6 Å². The maximum Gasteiger partial charge on any atom is 0.524 e. The Hall–Kier alpha value is -3.21. The van der Waals surface area contributed by atoms with Crippen LogP contribution >= 0.6 is 7.82 Å². The van der Waals surface area contributed by atoms with E-state index in [1.807, 2.05) is 13.8 Å². The predicted molar refractivity (Wildman–Crippen MR) is 106 cm³/mol. The van der Waals surface area contributed by atoms with Gasteiger partial charge in [0.2, 0.25) is 11.7 Å². The smallest absolute Gasteiger partial charge is 0.508 e. The Morgan fingerprint density at radius 2 is 1.97 bits per heavy atom. The molecule has 0 atom stereocenters. The Labute approximate surface area is 176 Å². The van der Waals surface area contributed by atoms with Crippen molar-refractivity contribution in [3.05, 3.63) is 29.3 Å². The number of hydrogen-bond acceptors (Lipinski definition) is 9. The highest BCUT2D eigenvalue weighted by atomic mass is 31.2. The maximum absolute atomic E-state index is 12.5. The molecule has 0 aliphatic heterocycles. The normalized spacial score (nSPS) is 11.7. The number of nitrogens with one attached hydrogen (secondary N) is 1. The average Bonchev–Trinajstić information content (AvgIpc) is 3.26. The van der Waals surface area contributed by atoms with Crippen LogP contribution < -0.4 is 9.84 Å². The molecule has 0 unspecified atom stereocenters. The molecule has 2 aromatic heterocycles. The zero-order chi connectivity index (χ0) is 22.9. The lowest BCUT2D eigenvalue weighted by Crippen LogP contribution is -2.23. The molecule has 13 heteroatoms. The van der Waals surface area contributed by atoms with Gasteiger partial charge in [0, 0.05) is 19.5 Å². The first-order valence-electron chi connectivity index (χ1n) is 9.22. The van der Waals surface area contributed by atoms with Crippen LogP contribution in [0, 0.1) is 6.92 Å². The summed E-state index contributed by atoms with van der Waals surface area (Å²) in [4.78, 5) is 35.3. The van der Waals surface area contributed by atoms with Gasteiger partial charge < -0.3 is 24.0 Å². The third-order valence-corrected chi connectivity index (χ3v) is 4.64. The van der Waals surface area contributed by atoms with Gasteiger partial charge in [0.25, 0.3) is 5.91 Å². The maximum atomic E-state index is 12.5. The van der Waals surface area contributed by atoms with Gasteiger partial charge in [0.05, 0.1) is 5.56 Å². The van der Waals surface area contributed by atoms with Crippen LogP contribution in [0.2, 0.25) is 0 Å². The molecule has 0 aliphatic rings. The lowest BCUT2D eigenvalue weighted by molar-refractivity contribution is 0.0947. The fourth-order valence-corrected chi connectivity index (χ4v) is 3.32. The highest BCUT2D eigenvalue weighted by Gasteiger charge is 2.31. The summed E-state index contributed by atoms with van der Waals surface area (Å²) in [7, 11) is -5.00. The molecule has 31 heavy (non-hydrogen) atoms. The molecule has 0 spiro atoms. The molecule has 3 aromatic rings. The minimum Gasteiger partial charge on any atom is -0.508 e. The van der Waals surface area contributed by atoms with E-state index in [1.165, 1.54) is 6.07 Å². The number of phosphoric ester groups is 1. The van der Waals surface area contributed by atoms with E-state index in [1.54, 1.807) is 13.8 Å². The quantitative estimate of drug-likeness (QED) is 0.387. The van der Waals surface area contributed by atoms with E-state index >= 15 is 0 Å². The van der Waals surface area contributed by atoms with Crippen LogP contribution in [0.15, 0.2) is 21.2 Å². The molecule has 1 aromatic carbocycles. The van der Waals surface area contributed by atoms with Gasteiger partial charge in [-0.15, -0.1) is 0 Å². The van der Waals surface area contributed by atoms with Crippen molar-refractivity contribution in [2.45, 2.75) is 33.6 Å². The van der Waals surface area contributed by atoms with Gasteiger partial charge in [-0.2, -0.15) is 4.98 Å². The standard InChI is InChI=1S/C18H21N4O8P/c1-5-19-18(24)15-14(17-20-9(4)28-22-17)16(29-21-15)11-6-10(8(2)3)12(23)7-13(11)30-31(25,26)27/h6-8,23H,5H2,1-4H3,(H,19,24)(H2,25,26,27). The summed E-state index contributed by atoms with van der Waals surface area (Å²) in [6, 6.07) is 2.49. The van der Waals surface area contributed by atoms with Crippen molar-refractivity contribution in [3.63, 3.8) is 0 Å². The molecular formula is C18H21N4O8P. The number of benzene rings is 1. The number of aryl methyl sites for hydroxylation is 1. The molecule has 1 amide bonds. The first kappa shape index (κ1) is 22.5. The average molecular weight is 452 g/mol. The molecule has 4 N–H and O–H groups in total. The second-order valence-electron chi connectivity index (χ2n) is 6.88. The van der Waals surface area contributed by atoms with Gasteiger partial charge in [-0.25, -0.2) is 4.57 Å². The highest BCUT2D eigenvalue weighted by molar-refractivity contribution is 7.46. The van der Waals surface area contributed by atoms with Crippen molar-refractivity contribution in [2.24, 2.45) is 0 Å². The molecule has 0 bridgehead atoms. The van der Waals surface area contributed by atoms with Crippen LogP contribution in [-0.2, 0) is 4.57 Å². The number of hydrogen-bond donors (Lipinski definition) is 4. The van der Waals surface area contributed by atoms with Gasteiger partial charge in [0.15, 0.2) is 11.5 Å². The minimum atomic E-state index is -5.00. The fourth-order valence-electron chi connectivity index (χ4n) is 2.91. The Balaban J connectivity index is 2.32. The van der Waals surface area contributed by atoms with Crippen LogP contribution in [0.4, 0.5) is 0 Å². The first-order valence-corrected chi connectivity index (χ1v) is 10.8. The summed E-state index contributed by atoms with van der Waals surface area (Å²) < 4.78 is 26.7. The zero-order valence-electron chi connectivity index (χ0n) is 17.1. The molecule has 0 saturated carbocycles. The zero-order valence-corrected chi connectivity index (χ0v) is 18.0. The topological polar surface area (TPSA) is 181 Å². The predicted octanol–water partition coefficient (Wildman–Crippen LogP) is 2.75. The van der Waals surface area contributed by atoms with Crippen molar-refractivity contribution in [3.8, 4) is 34.2 Å². The molecule has 0 saturated heterocycles. The van der Waals surface area contributed by atoms with Crippen LogP contribution in [0.5, 0.6) is 11.5 Å². The molecule has 2 heterocycles. The number of aromatic nitrogens is 3. The van der Waals surface area contributed by atoms with E-state index in [0.717, 1.165) is 6.07 Å². The van der Waals surface area contributed by atoms with E-state index in [-0.39, 0.29) is 51.7 Å². The molecule has 0 radical (unpaired) electrons. The van der Waals surface area contributed by atoms with Gasteiger partial charge in [-0.1, -0.05) is 24.2 Å². The van der Waals surface area contributed by atoms with Gasteiger partial charge in [0.1, 0.15) is 17.1 Å². The summed E-state index contributed by atoms with van der Waals surface area (Å²) in [6.07, 6.45) is 0. The molecule has 0 fully saturated rings. The Bertz CT molecular complexity index is 1160. The molecule has 0 aliphatic carbocycles. The summed E-state index contributed by atoms with van der Waals surface area (Å²) >= 11 is 0. The summed E-state index contributed by atoms with van der Waals surface area (Å²) in [5.74, 6) is -1.24. The van der Waals surface area contributed by atoms with E-state index in [4.69, 9.17) is 13.6 Å². The molecular weight excluding hydrogens is 431 g/mol. The monoisotopic (exact) mass is 452 g/mol. The van der Waals surface area contributed by atoms with Crippen LogP contribution in [0.25, 0.3) is 22.7 Å². The van der Waals surface area contributed by atoms with Crippen LogP contribution in [0.3, 0.4) is 0 Å². The van der Waals surface area contributed by atoms with E-state index in [0.29, 0.717) is 12.1 Å². The number of carbonyl (C=O) groups is 1. The number of rotatable bonds is 7. The van der Waals surface area contributed by atoms with Crippen molar-refractivity contribution >= 4 is 13.7 Å². The third-order valence-electron chi connectivity index (χ3n) is 4.21. The largest absolute Gasteiger partial charge is 0.524 e. The number of aromatic hydroxyl groups is 1. The highest BCUT2D eigenvalue weighted by Crippen LogP contribution is 2.48. The van der Waals surface area contributed by atoms with E-state index in [2.05, 4.69) is 20.6 Å². The Morgan fingerprint density at radius 1 is 1.26 bits per heavy atom. The third kappa shape index (κ3) is 4.76. The van der Waals surface area contributed by atoms with Crippen LogP contribution in [0.1, 0.15) is 48.6 Å². The van der Waals surface area contributed by atoms with E-state index < -0.39 is 13.7 Å². The van der Waals surface area contributed by atoms with Crippen molar-refractivity contribution in [1.82, 2.24) is 20.6 Å². The lowest BCUT2D eigenvalue weighted by atomic mass is 9.96. The van der Waals surface area contributed by atoms with Crippen LogP contribution in [-0.4, -0.2) is 42.6 Å².